The first-order valence-corrected chi connectivity index (χ1v) is 8.37. The Bertz CT molecular complexity index is 788. The number of rotatable bonds is 4. The lowest BCUT2D eigenvalue weighted by atomic mass is 10.1. The third kappa shape index (κ3) is 3.20. The molecule has 1 amide bonds. The van der Waals surface area contributed by atoms with Gasteiger partial charge in [-0.2, -0.15) is 0 Å². The van der Waals surface area contributed by atoms with Gasteiger partial charge in [-0.05, 0) is 35.6 Å². The maximum Gasteiger partial charge on any atom is 0.250 e. The first kappa shape index (κ1) is 14.0. The van der Waals surface area contributed by atoms with Crippen LogP contribution in [0.25, 0.3) is 16.3 Å². The van der Waals surface area contributed by atoms with Crippen LogP contribution in [0.15, 0.2) is 41.8 Å². The molecule has 0 radical (unpaired) electrons. The highest BCUT2D eigenvalue weighted by Crippen LogP contribution is 2.28. The number of nitrogens with one attached hydrogen (secondary N) is 1. The molecular weight excluding hydrogens is 300 g/mol. The zero-order chi connectivity index (χ0) is 14.7. The highest BCUT2D eigenvalue weighted by Gasteiger charge is 2.08. The minimum absolute atomic E-state index is 0.152. The number of anilines is 1. The Labute approximate surface area is 131 Å². The Balaban J connectivity index is 1.77. The molecule has 0 fully saturated rings. The summed E-state index contributed by atoms with van der Waals surface area (Å²) in [5.41, 5.74) is 2.20. The van der Waals surface area contributed by atoms with Crippen LogP contribution in [0.3, 0.4) is 0 Å². The Morgan fingerprint density at radius 2 is 2.24 bits per heavy atom. The van der Waals surface area contributed by atoms with Crippen LogP contribution in [-0.4, -0.2) is 10.9 Å². The summed E-state index contributed by atoms with van der Waals surface area (Å²) >= 11 is 3.10. The van der Waals surface area contributed by atoms with Gasteiger partial charge in [0.1, 0.15) is 0 Å². The van der Waals surface area contributed by atoms with Crippen molar-refractivity contribution < 1.29 is 4.79 Å². The standard InChI is InChI=1S/C16H14N2OS2/c1-2-11-5-3-7-13-15(11)18-16(21-13)17-14(19)9-8-12-6-4-10-20-12/h3-10H,2H2,1H3,(H,17,18,19). The zero-order valence-electron chi connectivity index (χ0n) is 11.5. The van der Waals surface area contributed by atoms with Crippen LogP contribution in [0.5, 0.6) is 0 Å². The summed E-state index contributed by atoms with van der Waals surface area (Å²) in [6.45, 7) is 2.11. The largest absolute Gasteiger partial charge is 0.298 e. The summed E-state index contributed by atoms with van der Waals surface area (Å²) in [6, 6.07) is 10.1. The van der Waals surface area contributed by atoms with E-state index in [9.17, 15) is 4.79 Å². The fourth-order valence-electron chi connectivity index (χ4n) is 2.04. The van der Waals surface area contributed by atoms with Gasteiger partial charge in [-0.1, -0.05) is 36.5 Å². The van der Waals surface area contributed by atoms with E-state index in [2.05, 4.69) is 23.3 Å². The van der Waals surface area contributed by atoms with Crippen LogP contribution in [-0.2, 0) is 11.2 Å². The first-order chi connectivity index (χ1) is 10.3. The Kier molecular flexibility index (Phi) is 4.13. The number of hydrogen-bond donors (Lipinski definition) is 1. The van der Waals surface area contributed by atoms with Crippen molar-refractivity contribution in [3.05, 3.63) is 52.2 Å². The minimum atomic E-state index is -0.152. The van der Waals surface area contributed by atoms with Crippen molar-refractivity contribution in [2.24, 2.45) is 0 Å². The van der Waals surface area contributed by atoms with E-state index < -0.39 is 0 Å². The lowest BCUT2D eigenvalue weighted by molar-refractivity contribution is -0.111. The second-order valence-corrected chi connectivity index (χ2v) is 6.48. The van der Waals surface area contributed by atoms with E-state index in [0.717, 1.165) is 21.5 Å². The number of thiazole rings is 1. The summed E-state index contributed by atoms with van der Waals surface area (Å²) in [4.78, 5) is 17.5. The van der Waals surface area contributed by atoms with Crippen molar-refractivity contribution in [3.63, 3.8) is 0 Å². The Hall–Kier alpha value is -1.98. The fourth-order valence-corrected chi connectivity index (χ4v) is 3.57. The van der Waals surface area contributed by atoms with E-state index in [1.54, 1.807) is 17.4 Å². The second-order valence-electron chi connectivity index (χ2n) is 4.47. The van der Waals surface area contributed by atoms with Gasteiger partial charge in [0.2, 0.25) is 5.91 Å². The average molecular weight is 314 g/mol. The van der Waals surface area contributed by atoms with Gasteiger partial charge in [0, 0.05) is 11.0 Å². The van der Waals surface area contributed by atoms with Gasteiger partial charge < -0.3 is 0 Å². The molecule has 0 aliphatic heterocycles. The molecule has 0 bridgehead atoms. The summed E-state index contributed by atoms with van der Waals surface area (Å²) in [7, 11) is 0. The zero-order valence-corrected chi connectivity index (χ0v) is 13.1. The monoisotopic (exact) mass is 314 g/mol. The second kappa shape index (κ2) is 6.20. The van der Waals surface area contributed by atoms with E-state index in [1.807, 2.05) is 35.7 Å². The predicted octanol–water partition coefficient (Wildman–Crippen LogP) is 4.57. The molecule has 3 aromatic rings. The highest BCUT2D eigenvalue weighted by molar-refractivity contribution is 7.22. The topological polar surface area (TPSA) is 42.0 Å². The van der Waals surface area contributed by atoms with Gasteiger partial charge >= 0.3 is 0 Å². The van der Waals surface area contributed by atoms with E-state index in [1.165, 1.54) is 16.9 Å². The van der Waals surface area contributed by atoms with E-state index >= 15 is 0 Å². The predicted molar refractivity (Wildman–Crippen MR) is 91.0 cm³/mol. The number of fused-ring (bicyclic) bond motifs is 1. The number of nitrogens with zero attached hydrogens (tertiary/aromatic N) is 1. The number of para-hydroxylation sites is 1. The van der Waals surface area contributed by atoms with Crippen molar-refractivity contribution in [1.82, 2.24) is 4.98 Å². The molecule has 3 nitrogen and oxygen atoms in total. The summed E-state index contributed by atoms with van der Waals surface area (Å²) in [5.74, 6) is -0.152. The lowest BCUT2D eigenvalue weighted by Gasteiger charge is -1.96. The van der Waals surface area contributed by atoms with Gasteiger partial charge in [-0.15, -0.1) is 11.3 Å². The maximum absolute atomic E-state index is 11.9. The van der Waals surface area contributed by atoms with Crippen molar-refractivity contribution in [2.75, 3.05) is 5.32 Å². The number of carbonyl (C=O) groups excluding carboxylic acids is 1. The SMILES string of the molecule is CCc1cccc2sc(NC(=O)C=Cc3cccs3)nc12. The number of benzene rings is 1. The summed E-state index contributed by atoms with van der Waals surface area (Å²) in [5, 5.41) is 5.46. The molecule has 0 atom stereocenters. The number of hydrogen-bond acceptors (Lipinski definition) is 4. The molecule has 2 aromatic heterocycles. The number of carbonyl (C=O) groups is 1. The quantitative estimate of drug-likeness (QED) is 0.717. The Morgan fingerprint density at radius 3 is 3.00 bits per heavy atom. The maximum atomic E-state index is 11.9. The molecule has 0 spiro atoms. The molecule has 0 saturated heterocycles. The van der Waals surface area contributed by atoms with Crippen LogP contribution in [0, 0.1) is 0 Å². The molecule has 1 aromatic carbocycles. The van der Waals surface area contributed by atoms with Crippen LogP contribution in [0.4, 0.5) is 5.13 Å². The van der Waals surface area contributed by atoms with E-state index in [4.69, 9.17) is 0 Å². The molecule has 21 heavy (non-hydrogen) atoms. The number of amides is 1. The van der Waals surface area contributed by atoms with Gasteiger partial charge in [0.25, 0.3) is 0 Å². The van der Waals surface area contributed by atoms with E-state index in [0.29, 0.717) is 5.13 Å². The first-order valence-electron chi connectivity index (χ1n) is 6.67. The smallest absolute Gasteiger partial charge is 0.250 e. The van der Waals surface area contributed by atoms with Crippen molar-refractivity contribution in [3.8, 4) is 0 Å². The van der Waals surface area contributed by atoms with Gasteiger partial charge in [-0.3, -0.25) is 10.1 Å². The molecule has 0 aliphatic carbocycles. The number of thiophene rings is 1. The summed E-state index contributed by atoms with van der Waals surface area (Å²) in [6.07, 6.45) is 4.29. The van der Waals surface area contributed by atoms with Crippen molar-refractivity contribution in [1.29, 1.82) is 0 Å². The summed E-state index contributed by atoms with van der Waals surface area (Å²) < 4.78 is 1.10. The highest BCUT2D eigenvalue weighted by atomic mass is 32.1. The third-order valence-electron chi connectivity index (χ3n) is 3.06. The molecule has 106 valence electrons. The van der Waals surface area contributed by atoms with Crippen LogP contribution < -0.4 is 5.32 Å². The average Bonchev–Trinajstić information content (AvgIpc) is 3.13. The molecule has 5 heteroatoms. The number of aryl methyl sites for hydroxylation is 1. The Morgan fingerprint density at radius 1 is 1.33 bits per heavy atom. The molecule has 3 rings (SSSR count). The molecule has 0 unspecified atom stereocenters. The van der Waals surface area contributed by atoms with Crippen molar-refractivity contribution in [2.45, 2.75) is 13.3 Å². The molecule has 0 aliphatic rings. The van der Waals surface area contributed by atoms with E-state index in [-0.39, 0.29) is 5.91 Å². The van der Waals surface area contributed by atoms with Crippen LogP contribution in [0.2, 0.25) is 0 Å². The van der Waals surface area contributed by atoms with Gasteiger partial charge in [0.15, 0.2) is 5.13 Å². The number of aromatic nitrogens is 1. The lowest BCUT2D eigenvalue weighted by Crippen LogP contribution is -2.07. The third-order valence-corrected chi connectivity index (χ3v) is 4.83. The fraction of sp³-hybridized carbons (Fsp3) is 0.125. The molecular formula is C16H14N2OS2. The van der Waals surface area contributed by atoms with Crippen LogP contribution in [0.1, 0.15) is 17.4 Å². The van der Waals surface area contributed by atoms with Gasteiger partial charge in [-0.25, -0.2) is 4.98 Å². The normalized spacial score (nSPS) is 11.3. The van der Waals surface area contributed by atoms with Crippen molar-refractivity contribution >= 4 is 50.0 Å². The minimum Gasteiger partial charge on any atom is -0.298 e. The molecule has 2 heterocycles. The van der Waals surface area contributed by atoms with Gasteiger partial charge in [0.05, 0.1) is 10.2 Å². The molecule has 1 N–H and O–H groups in total. The van der Waals surface area contributed by atoms with Crippen LogP contribution >= 0.6 is 22.7 Å². The molecule has 0 saturated carbocycles.